The number of primary amides is 1. The number of aryl methyl sites for hydroxylation is 2. The molecule has 0 atom stereocenters. The van der Waals surface area contributed by atoms with Gasteiger partial charge in [-0.2, -0.15) is 5.10 Å². The topological polar surface area (TPSA) is 139 Å². The van der Waals surface area contributed by atoms with Crippen LogP contribution in [0.1, 0.15) is 53.4 Å². The number of aromatic nitrogens is 5. The van der Waals surface area contributed by atoms with Crippen LogP contribution in [-0.2, 0) is 17.8 Å². The van der Waals surface area contributed by atoms with Crippen molar-refractivity contribution >= 4 is 28.4 Å². The maximum Gasteiger partial charge on any atom is 0.258 e. The zero-order valence-corrected chi connectivity index (χ0v) is 19.6. The van der Waals surface area contributed by atoms with Crippen molar-refractivity contribution in [1.82, 2.24) is 29.5 Å². The second-order valence-electron chi connectivity index (χ2n) is 8.56. The van der Waals surface area contributed by atoms with Crippen LogP contribution >= 0.6 is 0 Å². The number of nitrogens with zero attached hydrogens (tertiary/aromatic N) is 5. The Bertz CT molecular complexity index is 1470. The molecule has 34 heavy (non-hydrogen) atoms. The molecule has 3 N–H and O–H groups in total. The van der Waals surface area contributed by atoms with E-state index in [4.69, 9.17) is 5.73 Å². The number of nitrogens with one attached hydrogen (secondary N) is 1. The van der Waals surface area contributed by atoms with E-state index in [1.807, 2.05) is 33.8 Å². The third-order valence-electron chi connectivity index (χ3n) is 5.99. The van der Waals surface area contributed by atoms with Crippen molar-refractivity contribution in [2.24, 2.45) is 5.73 Å². The number of aromatic amines is 1. The summed E-state index contributed by atoms with van der Waals surface area (Å²) in [6.07, 6.45) is 2.11. The maximum atomic E-state index is 13.2. The molecule has 0 bridgehead atoms. The molecule has 0 fully saturated rings. The lowest BCUT2D eigenvalue weighted by molar-refractivity contribution is -0.133. The van der Waals surface area contributed by atoms with E-state index in [1.165, 1.54) is 6.20 Å². The van der Waals surface area contributed by atoms with Gasteiger partial charge in [0, 0.05) is 23.9 Å². The molecular formula is C24H27N7O3. The monoisotopic (exact) mass is 461 g/mol. The second kappa shape index (κ2) is 9.05. The molecule has 3 heterocycles. The van der Waals surface area contributed by atoms with Crippen LogP contribution in [0.4, 0.5) is 0 Å². The van der Waals surface area contributed by atoms with Gasteiger partial charge in [0.05, 0.1) is 23.6 Å². The van der Waals surface area contributed by atoms with Crippen molar-refractivity contribution in [3.05, 3.63) is 69.2 Å². The number of benzene rings is 1. The molecule has 3 aromatic heterocycles. The van der Waals surface area contributed by atoms with E-state index in [9.17, 15) is 14.4 Å². The van der Waals surface area contributed by atoms with Gasteiger partial charge in [-0.3, -0.25) is 14.4 Å². The molecule has 10 heteroatoms. The van der Waals surface area contributed by atoms with Gasteiger partial charge in [-0.1, -0.05) is 12.1 Å². The average Bonchev–Trinajstić information content (AvgIpc) is 3.21. The Labute approximate surface area is 195 Å². The van der Waals surface area contributed by atoms with Crippen molar-refractivity contribution in [1.29, 1.82) is 0 Å². The first-order valence-electron chi connectivity index (χ1n) is 11.1. The van der Waals surface area contributed by atoms with Crippen molar-refractivity contribution in [3.63, 3.8) is 0 Å². The van der Waals surface area contributed by atoms with Crippen LogP contribution in [0.25, 0.3) is 16.6 Å². The van der Waals surface area contributed by atoms with Crippen LogP contribution in [0, 0.1) is 13.8 Å². The Hall–Kier alpha value is -4.08. The Morgan fingerprint density at radius 2 is 1.91 bits per heavy atom. The molecule has 0 radical (unpaired) electrons. The SMILES string of the molecule is Cc1nc2c(C(N)=O)cnn2c(C)c1CCC(=O)N(Cc1nc2ccccc2c(=O)[nH]1)C(C)C. The lowest BCUT2D eigenvalue weighted by atomic mass is 10.1. The predicted molar refractivity (Wildman–Crippen MR) is 127 cm³/mol. The van der Waals surface area contributed by atoms with Gasteiger partial charge < -0.3 is 15.6 Å². The van der Waals surface area contributed by atoms with E-state index in [0.29, 0.717) is 28.8 Å². The van der Waals surface area contributed by atoms with Gasteiger partial charge in [0.15, 0.2) is 5.65 Å². The summed E-state index contributed by atoms with van der Waals surface area (Å²) in [7, 11) is 0. The Kier molecular flexibility index (Phi) is 6.14. The van der Waals surface area contributed by atoms with E-state index in [0.717, 1.165) is 17.0 Å². The van der Waals surface area contributed by atoms with Crippen LogP contribution in [0.15, 0.2) is 35.3 Å². The molecule has 10 nitrogen and oxygen atoms in total. The number of carbonyl (C=O) groups is 2. The molecular weight excluding hydrogens is 434 g/mol. The number of hydrogen-bond donors (Lipinski definition) is 2. The lowest BCUT2D eigenvalue weighted by Gasteiger charge is -2.26. The zero-order chi connectivity index (χ0) is 24.6. The van der Waals surface area contributed by atoms with Gasteiger partial charge in [-0.25, -0.2) is 14.5 Å². The fourth-order valence-corrected chi connectivity index (χ4v) is 4.15. The summed E-state index contributed by atoms with van der Waals surface area (Å²) in [5.41, 5.74) is 8.87. The number of fused-ring (bicyclic) bond motifs is 2. The molecule has 0 saturated carbocycles. The van der Waals surface area contributed by atoms with Crippen LogP contribution in [0.5, 0.6) is 0 Å². The summed E-state index contributed by atoms with van der Waals surface area (Å²) in [6.45, 7) is 7.78. The summed E-state index contributed by atoms with van der Waals surface area (Å²) in [5.74, 6) is -0.211. The first-order chi connectivity index (χ1) is 16.2. The van der Waals surface area contributed by atoms with Gasteiger partial charge in [-0.15, -0.1) is 0 Å². The molecule has 4 rings (SSSR count). The van der Waals surface area contributed by atoms with Crippen molar-refractivity contribution in [3.8, 4) is 0 Å². The normalized spacial score (nSPS) is 11.4. The molecule has 176 valence electrons. The van der Waals surface area contributed by atoms with Gasteiger partial charge in [0.1, 0.15) is 11.4 Å². The van der Waals surface area contributed by atoms with Gasteiger partial charge in [0.25, 0.3) is 11.5 Å². The molecule has 0 spiro atoms. The average molecular weight is 462 g/mol. The molecule has 4 aromatic rings. The number of carbonyl (C=O) groups excluding carboxylic acids is 2. The zero-order valence-electron chi connectivity index (χ0n) is 19.6. The van der Waals surface area contributed by atoms with Gasteiger partial charge >= 0.3 is 0 Å². The molecule has 0 unspecified atom stereocenters. The number of amides is 2. The summed E-state index contributed by atoms with van der Waals surface area (Å²) in [6, 6.07) is 7.03. The minimum absolute atomic E-state index is 0.0667. The quantitative estimate of drug-likeness (QED) is 0.432. The second-order valence-corrected chi connectivity index (χ2v) is 8.56. The van der Waals surface area contributed by atoms with Crippen LogP contribution in [-0.4, -0.2) is 47.3 Å². The molecule has 0 aliphatic carbocycles. The number of para-hydroxylation sites is 1. The van der Waals surface area contributed by atoms with Crippen LogP contribution in [0.3, 0.4) is 0 Å². The van der Waals surface area contributed by atoms with Crippen molar-refractivity contribution in [2.45, 2.75) is 53.1 Å². The molecule has 0 aliphatic rings. The van der Waals surface area contributed by atoms with E-state index in [-0.39, 0.29) is 36.0 Å². The summed E-state index contributed by atoms with van der Waals surface area (Å²) >= 11 is 0. The number of rotatable bonds is 7. The highest BCUT2D eigenvalue weighted by Crippen LogP contribution is 2.19. The van der Waals surface area contributed by atoms with Gasteiger partial charge in [0.2, 0.25) is 5.91 Å². The maximum absolute atomic E-state index is 13.2. The number of H-pyrrole nitrogens is 1. The first-order valence-corrected chi connectivity index (χ1v) is 11.1. The number of nitrogens with two attached hydrogens (primary N) is 1. The fraction of sp³-hybridized carbons (Fsp3) is 0.333. The minimum Gasteiger partial charge on any atom is -0.365 e. The van der Waals surface area contributed by atoms with E-state index < -0.39 is 5.91 Å². The van der Waals surface area contributed by atoms with E-state index in [2.05, 4.69) is 20.1 Å². The number of hydrogen-bond acceptors (Lipinski definition) is 6. The summed E-state index contributed by atoms with van der Waals surface area (Å²) in [4.78, 5) is 50.8. The molecule has 0 saturated heterocycles. The largest absolute Gasteiger partial charge is 0.365 e. The van der Waals surface area contributed by atoms with Crippen molar-refractivity contribution < 1.29 is 9.59 Å². The Morgan fingerprint density at radius 3 is 2.62 bits per heavy atom. The van der Waals surface area contributed by atoms with Crippen LogP contribution in [0.2, 0.25) is 0 Å². The minimum atomic E-state index is -0.586. The highest BCUT2D eigenvalue weighted by atomic mass is 16.2. The Morgan fingerprint density at radius 1 is 1.18 bits per heavy atom. The van der Waals surface area contributed by atoms with Crippen LogP contribution < -0.4 is 11.3 Å². The molecule has 1 aromatic carbocycles. The molecule has 2 amide bonds. The smallest absolute Gasteiger partial charge is 0.258 e. The predicted octanol–water partition coefficient (Wildman–Crippen LogP) is 2.05. The van der Waals surface area contributed by atoms with Crippen molar-refractivity contribution in [2.75, 3.05) is 0 Å². The molecule has 0 aliphatic heterocycles. The lowest BCUT2D eigenvalue weighted by Crippen LogP contribution is -2.37. The summed E-state index contributed by atoms with van der Waals surface area (Å²) < 4.78 is 1.58. The fourth-order valence-electron chi connectivity index (χ4n) is 4.15. The Balaban J connectivity index is 1.56. The third kappa shape index (κ3) is 4.26. The summed E-state index contributed by atoms with van der Waals surface area (Å²) in [5, 5.41) is 4.75. The highest BCUT2D eigenvalue weighted by molar-refractivity contribution is 5.98. The van der Waals surface area contributed by atoms with Gasteiger partial charge in [-0.05, 0) is 51.8 Å². The van der Waals surface area contributed by atoms with E-state index >= 15 is 0 Å². The van der Waals surface area contributed by atoms with E-state index in [1.54, 1.807) is 27.6 Å². The standard InChI is InChI=1S/C24H27N7O3/c1-13(2)30(12-20-28-19-8-6-5-7-17(19)24(34)29-20)21(32)10-9-16-14(3)27-23-18(22(25)33)11-26-31(23)15(16)4/h5-8,11,13H,9-10,12H2,1-4H3,(H2,25,33)(H,28,29,34). The highest BCUT2D eigenvalue weighted by Gasteiger charge is 2.21. The third-order valence-corrected chi connectivity index (χ3v) is 5.99. The first kappa shape index (κ1) is 23.1.